The third kappa shape index (κ3) is 129. The Morgan fingerprint density at radius 1 is 1.00 bits per heavy atom. The van der Waals surface area contributed by atoms with Gasteiger partial charge in [-0.1, -0.05) is 0 Å². The molecule has 0 aliphatic carbocycles. The van der Waals surface area contributed by atoms with Gasteiger partial charge in [-0.15, -0.1) is 0 Å². The van der Waals surface area contributed by atoms with Crippen LogP contribution in [0, 0.1) is 0 Å². The summed E-state index contributed by atoms with van der Waals surface area (Å²) in [5.41, 5.74) is 0. The van der Waals surface area contributed by atoms with Crippen molar-refractivity contribution in [1.29, 1.82) is 0 Å². The van der Waals surface area contributed by atoms with E-state index < -0.39 is 9.05 Å². The molecule has 0 saturated carbocycles. The molecule has 0 unspecified atom stereocenters. The number of hydrogen-bond acceptors (Lipinski definition) is 4. The molecule has 0 amide bonds. The molecule has 7 heavy (non-hydrogen) atoms. The van der Waals surface area contributed by atoms with Crippen molar-refractivity contribution in [2.24, 2.45) is 0 Å². The van der Waals surface area contributed by atoms with Crippen molar-refractivity contribution in [3.05, 3.63) is 0 Å². The van der Waals surface area contributed by atoms with Crippen molar-refractivity contribution in [2.75, 3.05) is 0 Å². The minimum atomic E-state index is -4.61. The topological polar surface area (TPSA) is 80.9 Å². The van der Waals surface area contributed by atoms with E-state index in [1.165, 1.54) is 0 Å². The standard InChI is InChI=1S/Li.H4O4Si.V.H/c;1-5(2,3)4;;/h;1-4H;;/q+1;;;-1. The Balaban J connectivity index is -0.0000000267. The maximum Gasteiger partial charge on any atom is 1.00 e. The van der Waals surface area contributed by atoms with Crippen molar-refractivity contribution in [1.82, 2.24) is 0 Å². The molecule has 0 bridgehead atoms. The van der Waals surface area contributed by atoms with Crippen LogP contribution in [-0.2, 0) is 18.6 Å². The molecule has 0 aromatic heterocycles. The summed E-state index contributed by atoms with van der Waals surface area (Å²) in [5, 5.41) is 0. The van der Waals surface area contributed by atoms with Crippen LogP contribution < -0.4 is 18.9 Å². The zero-order chi connectivity index (χ0) is 4.50. The largest absolute Gasteiger partial charge is 1.00 e. The minimum absolute atomic E-state index is 0. The molecule has 0 spiro atoms. The molecule has 0 aliphatic heterocycles. The Kier molecular flexibility index (Phi) is 12.1. The van der Waals surface area contributed by atoms with Crippen LogP contribution >= 0.6 is 0 Å². The molecule has 0 aromatic rings. The van der Waals surface area contributed by atoms with Gasteiger partial charge >= 0.3 is 27.9 Å². The summed E-state index contributed by atoms with van der Waals surface area (Å²) >= 11 is 0. The molecule has 0 atom stereocenters. The summed E-state index contributed by atoms with van der Waals surface area (Å²) in [7, 11) is -4.61. The average Bonchev–Trinajstić information content (AvgIpc) is 0.722. The van der Waals surface area contributed by atoms with E-state index in [1.54, 1.807) is 0 Å². The van der Waals surface area contributed by atoms with E-state index in [1.807, 2.05) is 0 Å². The van der Waals surface area contributed by atoms with E-state index in [-0.39, 0.29) is 38.8 Å². The van der Waals surface area contributed by atoms with Crippen molar-refractivity contribution < 1.29 is 58.0 Å². The second-order valence-corrected chi connectivity index (χ2v) is 1.80. The molecule has 0 rings (SSSR count). The third-order valence-corrected chi connectivity index (χ3v) is 0. The van der Waals surface area contributed by atoms with E-state index in [0.717, 1.165) is 0 Å². The Hall–Kier alpha value is 1.24. The van der Waals surface area contributed by atoms with Gasteiger partial charge in [0.15, 0.2) is 0 Å². The molecule has 0 aromatic carbocycles. The van der Waals surface area contributed by atoms with Crippen molar-refractivity contribution in [3.63, 3.8) is 0 Å². The molecule has 0 heterocycles. The van der Waals surface area contributed by atoms with E-state index >= 15 is 0 Å². The van der Waals surface area contributed by atoms with E-state index in [9.17, 15) is 0 Å². The van der Waals surface area contributed by atoms with Crippen molar-refractivity contribution >= 4 is 9.05 Å². The zero-order valence-electron chi connectivity index (χ0n) is 4.74. The first kappa shape index (κ1) is 15.7. The summed E-state index contributed by atoms with van der Waals surface area (Å²) < 4.78 is 0. The monoisotopic (exact) mass is 155 g/mol. The van der Waals surface area contributed by atoms with Gasteiger partial charge in [-0.3, -0.25) is 0 Å². The van der Waals surface area contributed by atoms with Crippen LogP contribution in [0.5, 0.6) is 0 Å². The minimum Gasteiger partial charge on any atom is -1.00 e. The van der Waals surface area contributed by atoms with Gasteiger partial charge in [0, 0.05) is 18.6 Å². The van der Waals surface area contributed by atoms with Crippen molar-refractivity contribution in [3.8, 4) is 0 Å². The first-order valence-electron chi connectivity index (χ1n) is 0.894. The Labute approximate surface area is 67.2 Å². The van der Waals surface area contributed by atoms with Crippen LogP contribution in [0.3, 0.4) is 0 Å². The van der Waals surface area contributed by atoms with Gasteiger partial charge in [-0.05, 0) is 0 Å². The van der Waals surface area contributed by atoms with E-state index in [4.69, 9.17) is 19.2 Å². The molecule has 1 radical (unpaired) electrons. The fraction of sp³-hybridized carbons (Fsp3) is 0. The van der Waals surface area contributed by atoms with Crippen LogP contribution in [0.25, 0.3) is 0 Å². The molecular formula is H5LiO4SiV. The summed E-state index contributed by atoms with van der Waals surface area (Å²) in [6.07, 6.45) is 0. The smallest absolute Gasteiger partial charge is 1.00 e. The van der Waals surface area contributed by atoms with Crippen molar-refractivity contribution in [2.45, 2.75) is 0 Å². The normalized spacial score (nSPS) is 8.57. The predicted octanol–water partition coefficient (Wildman–Crippen LogP) is -5.49. The first-order valence-corrected chi connectivity index (χ1v) is 2.68. The molecule has 0 fully saturated rings. The summed E-state index contributed by atoms with van der Waals surface area (Å²) in [6.45, 7) is 0. The summed E-state index contributed by atoms with van der Waals surface area (Å²) in [4.78, 5) is 29.3. The van der Waals surface area contributed by atoms with Crippen LogP contribution in [0.1, 0.15) is 1.43 Å². The Morgan fingerprint density at radius 2 is 1.00 bits per heavy atom. The van der Waals surface area contributed by atoms with Gasteiger partial charge in [0.2, 0.25) is 0 Å². The van der Waals surface area contributed by atoms with Gasteiger partial charge in [0.25, 0.3) is 0 Å². The maximum atomic E-state index is 7.33. The quantitative estimate of drug-likeness (QED) is 0.263. The Morgan fingerprint density at radius 3 is 1.00 bits per heavy atom. The SMILES string of the molecule is O[Si](O)(O)O.[H-].[Li+].[V]. The fourth-order valence-corrected chi connectivity index (χ4v) is 0. The molecule has 4 nitrogen and oxygen atoms in total. The molecule has 7 heteroatoms. The van der Waals surface area contributed by atoms with E-state index in [2.05, 4.69) is 0 Å². The van der Waals surface area contributed by atoms with Gasteiger partial charge in [0.1, 0.15) is 0 Å². The van der Waals surface area contributed by atoms with Gasteiger partial charge in [0.05, 0.1) is 0 Å². The van der Waals surface area contributed by atoms with Gasteiger partial charge in [-0.25, -0.2) is 0 Å². The summed E-state index contributed by atoms with van der Waals surface area (Å²) in [5.74, 6) is 0. The zero-order valence-corrected chi connectivity index (χ0v) is 6.13. The van der Waals surface area contributed by atoms with Crippen LogP contribution in [0.15, 0.2) is 0 Å². The molecule has 4 N–H and O–H groups in total. The van der Waals surface area contributed by atoms with Crippen LogP contribution in [-0.4, -0.2) is 28.2 Å². The molecule has 0 saturated heterocycles. The first-order chi connectivity index (χ1) is 2.00. The van der Waals surface area contributed by atoms with Crippen LogP contribution in [0.4, 0.5) is 0 Å². The third-order valence-electron chi connectivity index (χ3n) is 0. The molecule has 0 aliphatic rings. The average molecular weight is 155 g/mol. The van der Waals surface area contributed by atoms with Gasteiger partial charge < -0.3 is 20.6 Å². The fourth-order valence-electron chi connectivity index (χ4n) is 0. The van der Waals surface area contributed by atoms with Crippen LogP contribution in [0.2, 0.25) is 0 Å². The van der Waals surface area contributed by atoms with E-state index in [0.29, 0.717) is 0 Å². The maximum absolute atomic E-state index is 7.33. The Bertz CT molecular complexity index is 31.5. The predicted molar refractivity (Wildman–Crippen MR) is 15.7 cm³/mol. The second-order valence-electron chi connectivity index (χ2n) is 0.600. The summed E-state index contributed by atoms with van der Waals surface area (Å²) in [6, 6.07) is 0. The number of hydrogen-bond donors (Lipinski definition) is 4. The molecule has 39 valence electrons. The molecular weight excluding hydrogens is 150 g/mol. The van der Waals surface area contributed by atoms with Gasteiger partial charge in [-0.2, -0.15) is 0 Å². The second kappa shape index (κ2) is 5.38. The number of rotatable bonds is 0.